The minimum absolute atomic E-state index is 0.421. The van der Waals surface area contributed by atoms with Crippen LogP contribution in [0.25, 0.3) is 10.2 Å². The first-order valence-corrected chi connectivity index (χ1v) is 7.38. The molecular formula is C13H18N4S. The fourth-order valence-corrected chi connectivity index (χ4v) is 3.36. The van der Waals surface area contributed by atoms with E-state index in [2.05, 4.69) is 20.7 Å². The van der Waals surface area contributed by atoms with Crippen LogP contribution in [0.2, 0.25) is 0 Å². The van der Waals surface area contributed by atoms with Gasteiger partial charge in [0.15, 0.2) is 0 Å². The maximum absolute atomic E-state index is 5.93. The van der Waals surface area contributed by atoms with E-state index in [1.165, 1.54) is 12.8 Å². The smallest absolute Gasteiger partial charge is 0.147 e. The zero-order valence-corrected chi connectivity index (χ0v) is 11.1. The lowest BCUT2D eigenvalue weighted by molar-refractivity contribution is 0.338. The molecule has 0 saturated heterocycles. The average molecular weight is 262 g/mol. The number of fused-ring (bicyclic) bond motifs is 1. The molecule has 1 aliphatic carbocycles. The Kier molecular flexibility index (Phi) is 3.43. The van der Waals surface area contributed by atoms with Gasteiger partial charge < -0.3 is 11.1 Å². The first kappa shape index (κ1) is 11.9. The normalized spacial score (nSPS) is 24.3. The molecule has 96 valence electrons. The van der Waals surface area contributed by atoms with Crippen molar-refractivity contribution in [1.29, 1.82) is 0 Å². The number of nitrogens with zero attached hydrogens (tertiary/aromatic N) is 2. The van der Waals surface area contributed by atoms with Crippen LogP contribution in [0.3, 0.4) is 0 Å². The molecule has 18 heavy (non-hydrogen) atoms. The van der Waals surface area contributed by atoms with Crippen molar-refractivity contribution in [3.63, 3.8) is 0 Å². The minimum atomic E-state index is 0.421. The number of aromatic nitrogens is 2. The molecule has 0 amide bonds. The third-order valence-corrected chi connectivity index (χ3v) is 4.60. The molecule has 1 fully saturated rings. The first-order valence-electron chi connectivity index (χ1n) is 6.50. The second kappa shape index (κ2) is 5.20. The minimum Gasteiger partial charge on any atom is -0.369 e. The number of rotatable bonds is 3. The average Bonchev–Trinajstić information content (AvgIpc) is 2.87. The van der Waals surface area contributed by atoms with Crippen molar-refractivity contribution in [2.75, 3.05) is 11.9 Å². The van der Waals surface area contributed by atoms with Gasteiger partial charge in [0, 0.05) is 12.6 Å². The van der Waals surface area contributed by atoms with Crippen molar-refractivity contribution in [3.8, 4) is 0 Å². The third-order valence-electron chi connectivity index (χ3n) is 3.69. The molecule has 2 aromatic rings. The molecule has 5 heteroatoms. The summed E-state index contributed by atoms with van der Waals surface area (Å²) in [6, 6.07) is 2.45. The van der Waals surface area contributed by atoms with Gasteiger partial charge in [-0.2, -0.15) is 0 Å². The number of nitrogens with two attached hydrogens (primary N) is 1. The van der Waals surface area contributed by atoms with Crippen molar-refractivity contribution < 1.29 is 0 Å². The van der Waals surface area contributed by atoms with Gasteiger partial charge in [0.1, 0.15) is 12.1 Å². The lowest BCUT2D eigenvalue weighted by Gasteiger charge is -2.26. The predicted molar refractivity (Wildman–Crippen MR) is 75.8 cm³/mol. The molecule has 4 nitrogen and oxygen atoms in total. The number of nitrogens with one attached hydrogen (secondary N) is 1. The highest BCUT2D eigenvalue weighted by atomic mass is 32.1. The molecule has 1 saturated carbocycles. The Morgan fingerprint density at radius 3 is 2.94 bits per heavy atom. The molecule has 2 aromatic heterocycles. The molecule has 0 spiro atoms. The summed E-state index contributed by atoms with van der Waals surface area (Å²) in [5.74, 6) is 1.71. The molecule has 0 atom stereocenters. The van der Waals surface area contributed by atoms with E-state index in [4.69, 9.17) is 5.73 Å². The lowest BCUT2D eigenvalue weighted by atomic mass is 9.86. The molecular weight excluding hydrogens is 244 g/mol. The maximum atomic E-state index is 5.93. The lowest BCUT2D eigenvalue weighted by Crippen LogP contribution is -2.29. The zero-order chi connectivity index (χ0) is 12.4. The van der Waals surface area contributed by atoms with Crippen LogP contribution in [0.1, 0.15) is 25.7 Å². The maximum Gasteiger partial charge on any atom is 0.147 e. The van der Waals surface area contributed by atoms with Crippen molar-refractivity contribution in [2.24, 2.45) is 11.7 Å². The summed E-state index contributed by atoms with van der Waals surface area (Å²) in [4.78, 5) is 8.59. The van der Waals surface area contributed by atoms with Gasteiger partial charge in [-0.15, -0.1) is 11.3 Å². The first-order chi connectivity index (χ1) is 8.83. The Morgan fingerprint density at radius 1 is 1.28 bits per heavy atom. The summed E-state index contributed by atoms with van der Waals surface area (Å²) in [5, 5.41) is 5.54. The van der Waals surface area contributed by atoms with Crippen LogP contribution >= 0.6 is 11.3 Å². The summed E-state index contributed by atoms with van der Waals surface area (Å²) in [6.45, 7) is 0.997. The van der Waals surface area contributed by atoms with Crippen LogP contribution in [0.4, 0.5) is 5.82 Å². The Balaban J connectivity index is 1.64. The number of anilines is 1. The summed E-state index contributed by atoms with van der Waals surface area (Å²) < 4.78 is 1.16. The Morgan fingerprint density at radius 2 is 2.11 bits per heavy atom. The SMILES string of the molecule is NC1CCC(CNc2ncnc3ccsc23)CC1. The van der Waals surface area contributed by atoms with Gasteiger partial charge >= 0.3 is 0 Å². The summed E-state index contributed by atoms with van der Waals surface area (Å²) in [5.41, 5.74) is 6.96. The van der Waals surface area contributed by atoms with Crippen molar-refractivity contribution in [1.82, 2.24) is 9.97 Å². The second-order valence-electron chi connectivity index (χ2n) is 5.02. The van der Waals surface area contributed by atoms with E-state index in [0.29, 0.717) is 6.04 Å². The molecule has 3 rings (SSSR count). The van der Waals surface area contributed by atoms with Crippen molar-refractivity contribution >= 4 is 27.4 Å². The fourth-order valence-electron chi connectivity index (χ4n) is 2.55. The van der Waals surface area contributed by atoms with E-state index in [9.17, 15) is 0 Å². The van der Waals surface area contributed by atoms with E-state index in [-0.39, 0.29) is 0 Å². The van der Waals surface area contributed by atoms with E-state index >= 15 is 0 Å². The fraction of sp³-hybridized carbons (Fsp3) is 0.538. The van der Waals surface area contributed by atoms with E-state index < -0.39 is 0 Å². The van der Waals surface area contributed by atoms with Gasteiger partial charge in [0.2, 0.25) is 0 Å². The van der Waals surface area contributed by atoms with Crippen LogP contribution in [0.15, 0.2) is 17.8 Å². The molecule has 0 bridgehead atoms. The van der Waals surface area contributed by atoms with Gasteiger partial charge in [-0.25, -0.2) is 9.97 Å². The van der Waals surface area contributed by atoms with E-state index in [1.807, 2.05) is 6.07 Å². The van der Waals surface area contributed by atoms with Crippen LogP contribution < -0.4 is 11.1 Å². The highest BCUT2D eigenvalue weighted by molar-refractivity contribution is 7.17. The van der Waals surface area contributed by atoms with Crippen molar-refractivity contribution in [2.45, 2.75) is 31.7 Å². The van der Waals surface area contributed by atoms with Gasteiger partial charge in [-0.05, 0) is 43.0 Å². The molecule has 1 aliphatic rings. The zero-order valence-electron chi connectivity index (χ0n) is 10.3. The summed E-state index contributed by atoms with van der Waals surface area (Å²) in [6.07, 6.45) is 6.41. The highest BCUT2D eigenvalue weighted by Gasteiger charge is 2.18. The molecule has 3 N–H and O–H groups in total. The summed E-state index contributed by atoms with van der Waals surface area (Å²) in [7, 11) is 0. The molecule has 2 heterocycles. The van der Waals surface area contributed by atoms with Gasteiger partial charge in [-0.3, -0.25) is 0 Å². The van der Waals surface area contributed by atoms with Gasteiger partial charge in [0.05, 0.1) is 10.2 Å². The van der Waals surface area contributed by atoms with E-state index in [1.54, 1.807) is 17.7 Å². The van der Waals surface area contributed by atoms with Crippen LogP contribution in [0, 0.1) is 5.92 Å². The highest BCUT2D eigenvalue weighted by Crippen LogP contribution is 2.27. The van der Waals surface area contributed by atoms with Crippen LogP contribution in [-0.4, -0.2) is 22.6 Å². The Labute approximate surface area is 111 Å². The van der Waals surface area contributed by atoms with Crippen molar-refractivity contribution in [3.05, 3.63) is 17.8 Å². The van der Waals surface area contributed by atoms with Crippen LogP contribution in [0.5, 0.6) is 0 Å². The molecule has 0 aromatic carbocycles. The van der Waals surface area contributed by atoms with Gasteiger partial charge in [0.25, 0.3) is 0 Å². The topological polar surface area (TPSA) is 63.8 Å². The predicted octanol–water partition coefficient (Wildman–Crippen LogP) is 2.62. The molecule has 0 radical (unpaired) electrons. The van der Waals surface area contributed by atoms with Gasteiger partial charge in [-0.1, -0.05) is 0 Å². The van der Waals surface area contributed by atoms with Crippen LogP contribution in [-0.2, 0) is 0 Å². The van der Waals surface area contributed by atoms with E-state index in [0.717, 1.165) is 41.3 Å². The second-order valence-corrected chi connectivity index (χ2v) is 5.94. The largest absolute Gasteiger partial charge is 0.369 e. The standard InChI is InChI=1S/C13H18N4S/c14-10-3-1-9(2-4-10)7-15-13-12-11(5-6-18-12)16-8-17-13/h5-6,8-10H,1-4,7,14H2,(H,15,16,17). The third kappa shape index (κ3) is 2.47. The number of hydrogen-bond acceptors (Lipinski definition) is 5. The number of thiophene rings is 1. The quantitative estimate of drug-likeness (QED) is 0.892. The molecule has 0 unspecified atom stereocenters. The Bertz CT molecular complexity index is 516. The molecule has 0 aliphatic heterocycles. The number of hydrogen-bond donors (Lipinski definition) is 2. The monoisotopic (exact) mass is 262 g/mol. The Hall–Kier alpha value is -1.20. The summed E-state index contributed by atoms with van der Waals surface area (Å²) >= 11 is 1.69.